The predicted octanol–water partition coefficient (Wildman–Crippen LogP) is 4.54. The van der Waals surface area contributed by atoms with Crippen LogP contribution in [-0.2, 0) is 45.0 Å². The van der Waals surface area contributed by atoms with E-state index in [1.165, 1.54) is 23.8 Å². The number of amides is 1. The first-order chi connectivity index (χ1) is 19.4. The van der Waals surface area contributed by atoms with Gasteiger partial charge in [-0.1, -0.05) is 48.5 Å². The first-order valence-electron chi connectivity index (χ1n) is 13.2. The number of hydrogen-bond donors (Lipinski definition) is 1. The van der Waals surface area contributed by atoms with Gasteiger partial charge in [-0.15, -0.1) is 11.3 Å². The van der Waals surface area contributed by atoms with Crippen molar-refractivity contribution in [2.75, 3.05) is 18.5 Å². The van der Waals surface area contributed by atoms with Gasteiger partial charge in [0.05, 0.1) is 29.8 Å². The largest absolute Gasteiger partial charge is 0.466 e. The molecule has 1 unspecified atom stereocenters. The number of esters is 2. The SMILES string of the molecule is CCOC(=O)Cc1csc(NC(=O)C(C)OC(=O)c2c3c(nc4ccccc24)CCN(Cc2ccccc2)C3)n1. The Kier molecular flexibility index (Phi) is 8.47. The zero-order valence-corrected chi connectivity index (χ0v) is 23.2. The average molecular weight is 559 g/mol. The standard InChI is InChI=1S/C30H30N4O5S/c1-3-38-26(35)15-21-18-40-30(31-21)33-28(36)19(2)39-29(37)27-22-11-7-8-12-24(22)32-25-13-14-34(17-23(25)27)16-20-9-5-4-6-10-20/h4-12,18-19H,3,13-17H2,1-2H3,(H,31,33,36). The highest BCUT2D eigenvalue weighted by Crippen LogP contribution is 2.30. The topological polar surface area (TPSA) is 111 Å². The molecule has 0 fully saturated rings. The Morgan fingerprint density at radius 1 is 1.07 bits per heavy atom. The minimum Gasteiger partial charge on any atom is -0.466 e. The number of nitrogens with one attached hydrogen (secondary N) is 1. The molecule has 5 rings (SSSR count). The molecule has 206 valence electrons. The van der Waals surface area contributed by atoms with E-state index < -0.39 is 18.0 Å². The zero-order chi connectivity index (χ0) is 28.1. The van der Waals surface area contributed by atoms with Crippen molar-refractivity contribution in [1.29, 1.82) is 0 Å². The van der Waals surface area contributed by atoms with Gasteiger partial charge in [-0.3, -0.25) is 24.8 Å². The molecule has 40 heavy (non-hydrogen) atoms. The summed E-state index contributed by atoms with van der Waals surface area (Å²) in [7, 11) is 0. The van der Waals surface area contributed by atoms with E-state index >= 15 is 0 Å². The summed E-state index contributed by atoms with van der Waals surface area (Å²) in [6.07, 6.45) is -0.343. The van der Waals surface area contributed by atoms with Crippen LogP contribution in [-0.4, -0.2) is 52.0 Å². The summed E-state index contributed by atoms with van der Waals surface area (Å²) < 4.78 is 10.6. The minimum atomic E-state index is -1.07. The van der Waals surface area contributed by atoms with Crippen molar-refractivity contribution in [2.45, 2.75) is 45.9 Å². The van der Waals surface area contributed by atoms with Gasteiger partial charge in [-0.2, -0.15) is 0 Å². The Balaban J connectivity index is 1.32. The van der Waals surface area contributed by atoms with Crippen molar-refractivity contribution in [1.82, 2.24) is 14.9 Å². The van der Waals surface area contributed by atoms with E-state index in [4.69, 9.17) is 14.5 Å². The highest BCUT2D eigenvalue weighted by atomic mass is 32.1. The van der Waals surface area contributed by atoms with Crippen LogP contribution in [0.1, 0.15) is 46.7 Å². The summed E-state index contributed by atoms with van der Waals surface area (Å²) in [6, 6.07) is 17.7. The first kappa shape index (κ1) is 27.4. The molecule has 2 aromatic heterocycles. The second kappa shape index (κ2) is 12.4. The number of para-hydroxylation sites is 1. The third-order valence-electron chi connectivity index (χ3n) is 6.64. The lowest BCUT2D eigenvalue weighted by Crippen LogP contribution is -2.34. The lowest BCUT2D eigenvalue weighted by molar-refractivity contribution is -0.142. The monoisotopic (exact) mass is 558 g/mol. The second-order valence-corrected chi connectivity index (χ2v) is 10.4. The molecule has 1 atom stereocenters. The second-order valence-electron chi connectivity index (χ2n) is 9.54. The third-order valence-corrected chi connectivity index (χ3v) is 7.45. The van der Waals surface area contributed by atoms with Crippen LogP contribution in [0.4, 0.5) is 5.13 Å². The van der Waals surface area contributed by atoms with Crippen LogP contribution in [0.2, 0.25) is 0 Å². The van der Waals surface area contributed by atoms with Crippen LogP contribution in [0.15, 0.2) is 60.0 Å². The molecule has 4 aromatic rings. The molecular formula is C30H30N4O5S. The molecule has 10 heteroatoms. The Hall–Kier alpha value is -4.15. The quantitative estimate of drug-likeness (QED) is 0.298. The van der Waals surface area contributed by atoms with E-state index in [1.807, 2.05) is 42.5 Å². The minimum absolute atomic E-state index is 0.0201. The Morgan fingerprint density at radius 2 is 1.85 bits per heavy atom. The van der Waals surface area contributed by atoms with E-state index in [-0.39, 0.29) is 19.0 Å². The molecule has 0 bridgehead atoms. The Labute approximate surface area is 236 Å². The summed E-state index contributed by atoms with van der Waals surface area (Å²) in [6.45, 7) is 5.68. The molecule has 1 N–H and O–H groups in total. The van der Waals surface area contributed by atoms with Crippen LogP contribution < -0.4 is 5.32 Å². The number of thiazole rings is 1. The van der Waals surface area contributed by atoms with E-state index in [1.54, 1.807) is 12.3 Å². The van der Waals surface area contributed by atoms with Gasteiger partial charge in [0.25, 0.3) is 5.91 Å². The molecule has 0 spiro atoms. The fraction of sp³-hybridized carbons (Fsp3) is 0.300. The molecule has 1 aliphatic heterocycles. The molecule has 1 amide bonds. The molecule has 0 saturated heterocycles. The molecule has 1 aliphatic rings. The molecule has 0 radical (unpaired) electrons. The molecule has 0 saturated carbocycles. The number of rotatable bonds is 9. The van der Waals surface area contributed by atoms with Gasteiger partial charge in [0.1, 0.15) is 0 Å². The maximum absolute atomic E-state index is 13.6. The van der Waals surface area contributed by atoms with Crippen LogP contribution in [0, 0.1) is 0 Å². The number of fused-ring (bicyclic) bond motifs is 2. The summed E-state index contributed by atoms with van der Waals surface area (Å²) in [4.78, 5) is 49.6. The highest BCUT2D eigenvalue weighted by Gasteiger charge is 2.29. The van der Waals surface area contributed by atoms with E-state index in [0.717, 1.165) is 29.9 Å². The average Bonchev–Trinajstić information content (AvgIpc) is 3.38. The number of anilines is 1. The van der Waals surface area contributed by atoms with Gasteiger partial charge >= 0.3 is 11.9 Å². The van der Waals surface area contributed by atoms with E-state index in [9.17, 15) is 14.4 Å². The fourth-order valence-corrected chi connectivity index (χ4v) is 5.45. The van der Waals surface area contributed by atoms with Crippen molar-refractivity contribution in [3.05, 3.63) is 88.1 Å². The predicted molar refractivity (Wildman–Crippen MR) is 152 cm³/mol. The summed E-state index contributed by atoms with van der Waals surface area (Å²) in [5, 5.41) is 5.37. The fourth-order valence-electron chi connectivity index (χ4n) is 4.74. The first-order valence-corrected chi connectivity index (χ1v) is 14.1. The number of carbonyl (C=O) groups excluding carboxylic acids is 3. The van der Waals surface area contributed by atoms with Crippen molar-refractivity contribution in [3.63, 3.8) is 0 Å². The summed E-state index contributed by atoms with van der Waals surface area (Å²) in [5.74, 6) is -1.47. The van der Waals surface area contributed by atoms with Crippen LogP contribution in [0.5, 0.6) is 0 Å². The smallest absolute Gasteiger partial charge is 0.339 e. The maximum Gasteiger partial charge on any atom is 0.339 e. The van der Waals surface area contributed by atoms with Gasteiger partial charge in [0, 0.05) is 48.1 Å². The summed E-state index contributed by atoms with van der Waals surface area (Å²) >= 11 is 1.19. The van der Waals surface area contributed by atoms with Crippen molar-refractivity contribution >= 4 is 45.2 Å². The van der Waals surface area contributed by atoms with E-state index in [0.29, 0.717) is 34.7 Å². The Bertz CT molecular complexity index is 1540. The molecule has 0 aliphatic carbocycles. The zero-order valence-electron chi connectivity index (χ0n) is 22.4. The van der Waals surface area contributed by atoms with Gasteiger partial charge in [-0.25, -0.2) is 9.78 Å². The van der Waals surface area contributed by atoms with Crippen molar-refractivity contribution in [2.24, 2.45) is 0 Å². The maximum atomic E-state index is 13.6. The van der Waals surface area contributed by atoms with Gasteiger partial charge in [0.2, 0.25) is 0 Å². The number of aromatic nitrogens is 2. The molecule has 3 heterocycles. The lowest BCUT2D eigenvalue weighted by atomic mass is 9.95. The van der Waals surface area contributed by atoms with Crippen molar-refractivity contribution in [3.8, 4) is 0 Å². The lowest BCUT2D eigenvalue weighted by Gasteiger charge is -2.30. The van der Waals surface area contributed by atoms with E-state index in [2.05, 4.69) is 27.3 Å². The van der Waals surface area contributed by atoms with Crippen LogP contribution in [0.25, 0.3) is 10.9 Å². The van der Waals surface area contributed by atoms with Gasteiger partial charge in [-0.05, 0) is 25.5 Å². The molecule has 9 nitrogen and oxygen atoms in total. The highest BCUT2D eigenvalue weighted by molar-refractivity contribution is 7.13. The number of ether oxygens (including phenoxy) is 2. The number of carbonyl (C=O) groups is 3. The van der Waals surface area contributed by atoms with Gasteiger partial charge < -0.3 is 9.47 Å². The summed E-state index contributed by atoms with van der Waals surface area (Å²) in [5.41, 5.74) is 4.58. The number of nitrogens with zero attached hydrogens (tertiary/aromatic N) is 3. The Morgan fingerprint density at radius 3 is 2.65 bits per heavy atom. The van der Waals surface area contributed by atoms with Crippen LogP contribution in [0.3, 0.4) is 0 Å². The third kappa shape index (κ3) is 6.35. The number of benzene rings is 2. The normalized spacial score (nSPS) is 13.8. The number of hydrogen-bond acceptors (Lipinski definition) is 9. The molecular weight excluding hydrogens is 528 g/mol. The van der Waals surface area contributed by atoms with Crippen LogP contribution >= 0.6 is 11.3 Å². The van der Waals surface area contributed by atoms with Crippen molar-refractivity contribution < 1.29 is 23.9 Å². The number of pyridine rings is 1. The molecule has 2 aromatic carbocycles. The van der Waals surface area contributed by atoms with Gasteiger partial charge in [0.15, 0.2) is 11.2 Å².